The molecule has 0 aromatic heterocycles. The molecule has 0 amide bonds. The summed E-state index contributed by atoms with van der Waals surface area (Å²) < 4.78 is 0. The number of rotatable bonds is 3. The van der Waals surface area contributed by atoms with Crippen LogP contribution in [0.4, 0.5) is 0 Å². The Labute approximate surface area is 169 Å². The van der Waals surface area contributed by atoms with Gasteiger partial charge in [-0.3, -0.25) is 0 Å². The molecule has 0 N–H and O–H groups in total. The van der Waals surface area contributed by atoms with Crippen LogP contribution >= 0.6 is 0 Å². The molecule has 0 heterocycles. The lowest BCUT2D eigenvalue weighted by atomic mass is 9.77. The van der Waals surface area contributed by atoms with E-state index >= 15 is 0 Å². The van der Waals surface area contributed by atoms with E-state index in [0.29, 0.717) is 5.92 Å². The molecule has 0 radical (unpaired) electrons. The first-order chi connectivity index (χ1) is 13.4. The highest BCUT2D eigenvalue weighted by molar-refractivity contribution is 5.95. The molecule has 0 saturated carbocycles. The molecule has 3 aromatic rings. The van der Waals surface area contributed by atoms with Crippen molar-refractivity contribution in [2.24, 2.45) is 0 Å². The van der Waals surface area contributed by atoms with Crippen LogP contribution in [-0.2, 0) is 11.8 Å². The molecule has 1 aliphatic rings. The zero-order chi connectivity index (χ0) is 19.9. The minimum Gasteiger partial charge on any atom is -0.0622 e. The van der Waals surface area contributed by atoms with Gasteiger partial charge in [0, 0.05) is 0 Å². The van der Waals surface area contributed by atoms with Crippen LogP contribution in [0, 0.1) is 0 Å². The van der Waals surface area contributed by atoms with Gasteiger partial charge in [0.05, 0.1) is 0 Å². The van der Waals surface area contributed by atoms with Gasteiger partial charge in [0.15, 0.2) is 0 Å². The second-order valence-corrected chi connectivity index (χ2v) is 9.27. The van der Waals surface area contributed by atoms with E-state index in [4.69, 9.17) is 0 Å². The lowest BCUT2D eigenvalue weighted by molar-refractivity contribution is 0.591. The molecule has 0 saturated heterocycles. The number of hydrogen-bond acceptors (Lipinski definition) is 0. The van der Waals surface area contributed by atoms with Gasteiger partial charge in [0.25, 0.3) is 0 Å². The monoisotopic (exact) mass is 366 g/mol. The van der Waals surface area contributed by atoms with E-state index in [1.807, 2.05) is 0 Å². The second kappa shape index (κ2) is 7.09. The van der Waals surface area contributed by atoms with Gasteiger partial charge in [0.2, 0.25) is 0 Å². The van der Waals surface area contributed by atoms with Gasteiger partial charge in [-0.15, -0.1) is 0 Å². The van der Waals surface area contributed by atoms with Crippen molar-refractivity contribution < 1.29 is 0 Å². The van der Waals surface area contributed by atoms with E-state index in [2.05, 4.69) is 107 Å². The molecular formula is C28H30. The van der Waals surface area contributed by atoms with Gasteiger partial charge >= 0.3 is 0 Å². The summed E-state index contributed by atoms with van der Waals surface area (Å²) in [5, 5.41) is 0. The molecule has 28 heavy (non-hydrogen) atoms. The Morgan fingerprint density at radius 2 is 1.46 bits per heavy atom. The van der Waals surface area contributed by atoms with Crippen molar-refractivity contribution in [1.82, 2.24) is 0 Å². The SMILES string of the molecule is CC(C)c1ccccc1-c1c(C(C)(C)C)ccc2c1C=C(c1ccccc1)C2. The maximum Gasteiger partial charge on any atom is -0.00134 e. The largest absolute Gasteiger partial charge is 0.0622 e. The van der Waals surface area contributed by atoms with E-state index in [0.717, 1.165) is 6.42 Å². The molecular weight excluding hydrogens is 336 g/mol. The van der Waals surface area contributed by atoms with Crippen molar-refractivity contribution in [2.75, 3.05) is 0 Å². The summed E-state index contributed by atoms with van der Waals surface area (Å²) in [6, 6.07) is 24.5. The van der Waals surface area contributed by atoms with Crippen LogP contribution in [0.15, 0.2) is 66.7 Å². The van der Waals surface area contributed by atoms with Crippen molar-refractivity contribution in [2.45, 2.75) is 52.4 Å². The Hall–Kier alpha value is -2.60. The molecule has 0 bridgehead atoms. The van der Waals surface area contributed by atoms with E-state index < -0.39 is 0 Å². The molecule has 0 heteroatoms. The Kier molecular flexibility index (Phi) is 4.75. The van der Waals surface area contributed by atoms with Crippen molar-refractivity contribution in [3.8, 4) is 11.1 Å². The lowest BCUT2D eigenvalue weighted by Gasteiger charge is -2.27. The first kappa shape index (κ1) is 18.7. The standard InChI is InChI=1S/C28H30/c1-19(2)23-13-9-10-14-24(23)27-25-18-22(20-11-7-6-8-12-20)17-21(25)15-16-26(27)28(3,4)5/h6-16,18-19H,17H2,1-5H3. The van der Waals surface area contributed by atoms with Gasteiger partial charge in [-0.05, 0) is 68.3 Å². The first-order valence-electron chi connectivity index (χ1n) is 10.4. The number of fused-ring (bicyclic) bond motifs is 1. The van der Waals surface area contributed by atoms with Gasteiger partial charge < -0.3 is 0 Å². The summed E-state index contributed by atoms with van der Waals surface area (Å²) in [6.07, 6.45) is 3.45. The maximum absolute atomic E-state index is 2.44. The quantitative estimate of drug-likeness (QED) is 0.442. The van der Waals surface area contributed by atoms with Gasteiger partial charge in [-0.1, -0.05) is 101 Å². The van der Waals surface area contributed by atoms with E-state index in [-0.39, 0.29) is 5.41 Å². The summed E-state index contributed by atoms with van der Waals surface area (Å²) in [4.78, 5) is 0. The molecule has 0 fully saturated rings. The van der Waals surface area contributed by atoms with Crippen LogP contribution in [-0.4, -0.2) is 0 Å². The van der Waals surface area contributed by atoms with Crippen LogP contribution in [0.5, 0.6) is 0 Å². The van der Waals surface area contributed by atoms with Crippen LogP contribution in [0.25, 0.3) is 22.8 Å². The van der Waals surface area contributed by atoms with Crippen LogP contribution < -0.4 is 0 Å². The van der Waals surface area contributed by atoms with Crippen molar-refractivity contribution in [3.05, 3.63) is 94.5 Å². The topological polar surface area (TPSA) is 0 Å². The van der Waals surface area contributed by atoms with E-state index in [1.54, 1.807) is 0 Å². The number of benzene rings is 3. The predicted octanol–water partition coefficient (Wildman–Crippen LogP) is 7.87. The molecule has 142 valence electrons. The van der Waals surface area contributed by atoms with E-state index in [9.17, 15) is 0 Å². The average Bonchev–Trinajstić information content (AvgIpc) is 3.11. The van der Waals surface area contributed by atoms with Crippen LogP contribution in [0.1, 0.15) is 68.4 Å². The third-order valence-corrected chi connectivity index (χ3v) is 5.84. The minimum absolute atomic E-state index is 0.0950. The highest BCUT2D eigenvalue weighted by Gasteiger charge is 2.26. The minimum atomic E-state index is 0.0950. The molecule has 0 unspecified atom stereocenters. The van der Waals surface area contributed by atoms with E-state index in [1.165, 1.54) is 44.5 Å². The second-order valence-electron chi connectivity index (χ2n) is 9.27. The Bertz CT molecular complexity index is 1030. The van der Waals surface area contributed by atoms with Crippen LogP contribution in [0.2, 0.25) is 0 Å². The number of allylic oxidation sites excluding steroid dienone is 1. The summed E-state index contributed by atoms with van der Waals surface area (Å²) >= 11 is 0. The fraction of sp³-hybridized carbons (Fsp3) is 0.286. The molecule has 0 aliphatic heterocycles. The highest BCUT2D eigenvalue weighted by atomic mass is 14.3. The zero-order valence-electron chi connectivity index (χ0n) is 17.7. The average molecular weight is 367 g/mol. The Morgan fingerprint density at radius 3 is 2.14 bits per heavy atom. The summed E-state index contributed by atoms with van der Waals surface area (Å²) in [5.41, 5.74) is 11.4. The third kappa shape index (κ3) is 3.33. The highest BCUT2D eigenvalue weighted by Crippen LogP contribution is 2.44. The summed E-state index contributed by atoms with van der Waals surface area (Å²) in [5.74, 6) is 0.499. The molecule has 1 aliphatic carbocycles. The fourth-order valence-electron chi connectivity index (χ4n) is 4.39. The lowest BCUT2D eigenvalue weighted by Crippen LogP contribution is -2.14. The molecule has 4 rings (SSSR count). The Morgan fingerprint density at radius 1 is 0.786 bits per heavy atom. The smallest absolute Gasteiger partial charge is 0.00134 e. The first-order valence-corrected chi connectivity index (χ1v) is 10.4. The zero-order valence-corrected chi connectivity index (χ0v) is 17.7. The molecule has 3 aromatic carbocycles. The van der Waals surface area contributed by atoms with Gasteiger partial charge in [0.1, 0.15) is 0 Å². The van der Waals surface area contributed by atoms with Crippen LogP contribution in [0.3, 0.4) is 0 Å². The normalized spacial score (nSPS) is 13.6. The van der Waals surface area contributed by atoms with Crippen molar-refractivity contribution in [3.63, 3.8) is 0 Å². The summed E-state index contributed by atoms with van der Waals surface area (Å²) in [7, 11) is 0. The summed E-state index contributed by atoms with van der Waals surface area (Å²) in [6.45, 7) is 11.6. The predicted molar refractivity (Wildman–Crippen MR) is 123 cm³/mol. The molecule has 0 nitrogen and oxygen atoms in total. The van der Waals surface area contributed by atoms with Gasteiger partial charge in [-0.25, -0.2) is 0 Å². The van der Waals surface area contributed by atoms with Crippen molar-refractivity contribution in [1.29, 1.82) is 0 Å². The molecule has 0 spiro atoms. The maximum atomic E-state index is 2.44. The van der Waals surface area contributed by atoms with Crippen molar-refractivity contribution >= 4 is 11.6 Å². The molecule has 0 atom stereocenters. The fourth-order valence-corrected chi connectivity index (χ4v) is 4.39. The third-order valence-electron chi connectivity index (χ3n) is 5.84. The Balaban J connectivity index is 1.99. The van der Waals surface area contributed by atoms with Gasteiger partial charge in [-0.2, -0.15) is 0 Å². The number of hydrogen-bond donors (Lipinski definition) is 0.